The second kappa shape index (κ2) is 7.98. The summed E-state index contributed by atoms with van der Waals surface area (Å²) in [5.41, 5.74) is -1.03. The minimum atomic E-state index is -3.23. The normalized spacial score (nSPS) is 17.1. The zero-order chi connectivity index (χ0) is 16.0. The number of H-pyrrole nitrogens is 1. The van der Waals surface area contributed by atoms with E-state index in [2.05, 4.69) is 9.51 Å². The first-order chi connectivity index (χ1) is 9.79. The number of nitrogens with zero attached hydrogens (tertiary/aromatic N) is 1. The van der Waals surface area contributed by atoms with Crippen LogP contribution in [-0.2, 0) is 25.6 Å². The Bertz CT molecular complexity index is 615. The van der Waals surface area contributed by atoms with Gasteiger partial charge >= 0.3 is 12.4 Å². The van der Waals surface area contributed by atoms with Gasteiger partial charge in [-0.25, -0.2) is 4.79 Å². The number of aromatic nitrogens is 2. The Balaban J connectivity index is 2.70. The molecule has 0 fully saturated rings. The molecule has 0 radical (unpaired) electrons. The van der Waals surface area contributed by atoms with E-state index in [1.807, 2.05) is 6.92 Å². The van der Waals surface area contributed by atoms with Crippen molar-refractivity contribution in [3.8, 4) is 0 Å². The average molecular weight is 338 g/mol. The Hall–Kier alpha value is -0.830. The Morgan fingerprint density at radius 1 is 1.52 bits per heavy atom. The van der Waals surface area contributed by atoms with Crippen LogP contribution in [0.5, 0.6) is 0 Å². The Labute approximate surface area is 126 Å². The first-order valence-corrected chi connectivity index (χ1v) is 8.88. The average Bonchev–Trinajstić information content (AvgIpc) is 2.43. The van der Waals surface area contributed by atoms with Gasteiger partial charge in [0.05, 0.1) is 12.7 Å². The summed E-state index contributed by atoms with van der Waals surface area (Å²) in [6, 6.07) is 1.23. The number of hydrogen-bond acceptors (Lipinski definition) is 6. The molecule has 1 rings (SSSR count). The molecule has 1 aromatic heterocycles. The molecule has 21 heavy (non-hydrogen) atoms. The lowest BCUT2D eigenvalue weighted by molar-refractivity contribution is -0.0657. The zero-order valence-corrected chi connectivity index (χ0v) is 13.7. The number of nitrogens with one attached hydrogen (secondary N) is 1. The van der Waals surface area contributed by atoms with Gasteiger partial charge in [0.1, 0.15) is 6.23 Å². The van der Waals surface area contributed by atoms with Crippen molar-refractivity contribution in [1.82, 2.24) is 9.55 Å². The molecular formula is C11H19N2O6PS. The fourth-order valence-electron chi connectivity index (χ4n) is 1.54. The van der Waals surface area contributed by atoms with Crippen LogP contribution >= 0.6 is 6.72 Å². The standard InChI is InChI=1S/C11H19N2O6PS/c1-4-9(7-18-20(16,21)17-3)19-8(2)13-6-5-10(14)12-11(13)15/h5-6,8-9H,4,7H2,1-3H3,(H,16,21)(H,12,14,15). The largest absolute Gasteiger partial charge is 0.353 e. The van der Waals surface area contributed by atoms with Crippen molar-refractivity contribution in [3.05, 3.63) is 33.1 Å². The summed E-state index contributed by atoms with van der Waals surface area (Å²) < 4.78 is 16.7. The van der Waals surface area contributed by atoms with Crippen molar-refractivity contribution in [2.45, 2.75) is 32.6 Å². The minimum absolute atomic E-state index is 0.0422. The third-order valence-electron chi connectivity index (χ3n) is 2.74. The maximum Gasteiger partial charge on any atom is 0.330 e. The molecule has 1 aromatic rings. The van der Waals surface area contributed by atoms with Crippen LogP contribution in [0.4, 0.5) is 0 Å². The lowest BCUT2D eigenvalue weighted by Crippen LogP contribution is -2.33. The molecule has 10 heteroatoms. The molecule has 120 valence electrons. The van der Waals surface area contributed by atoms with Gasteiger partial charge in [-0.1, -0.05) is 6.92 Å². The summed E-state index contributed by atoms with van der Waals surface area (Å²) in [4.78, 5) is 34.3. The molecule has 3 unspecified atom stereocenters. The maximum absolute atomic E-state index is 11.6. The topological polar surface area (TPSA) is 103 Å². The lowest BCUT2D eigenvalue weighted by atomic mass is 10.3. The van der Waals surface area contributed by atoms with Crippen LogP contribution in [0, 0.1) is 0 Å². The van der Waals surface area contributed by atoms with Crippen LogP contribution in [0.15, 0.2) is 21.9 Å². The van der Waals surface area contributed by atoms with Crippen molar-refractivity contribution in [3.63, 3.8) is 0 Å². The fraction of sp³-hybridized carbons (Fsp3) is 0.636. The Kier molecular flexibility index (Phi) is 6.92. The van der Waals surface area contributed by atoms with Crippen molar-refractivity contribution in [1.29, 1.82) is 0 Å². The number of ether oxygens (including phenoxy) is 1. The van der Waals surface area contributed by atoms with Gasteiger partial charge in [-0.05, 0) is 25.2 Å². The van der Waals surface area contributed by atoms with Crippen molar-refractivity contribution in [2.24, 2.45) is 0 Å². The molecular weight excluding hydrogens is 319 g/mol. The van der Waals surface area contributed by atoms with E-state index in [-0.39, 0.29) is 12.7 Å². The van der Waals surface area contributed by atoms with Gasteiger partial charge < -0.3 is 18.7 Å². The summed E-state index contributed by atoms with van der Waals surface area (Å²) in [6.45, 7) is 0.333. The van der Waals surface area contributed by atoms with Crippen LogP contribution in [0.25, 0.3) is 0 Å². The SMILES string of the molecule is CCC(COP(O)(=S)OC)OC(C)n1ccc(=O)[nH]c1=O. The summed E-state index contributed by atoms with van der Waals surface area (Å²) in [5.74, 6) is 0. The molecule has 0 saturated heterocycles. The monoisotopic (exact) mass is 338 g/mol. The Morgan fingerprint density at radius 2 is 2.19 bits per heavy atom. The summed E-state index contributed by atoms with van der Waals surface area (Å²) in [7, 11) is 1.27. The predicted molar refractivity (Wildman–Crippen MR) is 80.7 cm³/mol. The van der Waals surface area contributed by atoms with E-state index in [1.54, 1.807) is 6.92 Å². The van der Waals surface area contributed by atoms with Crippen LogP contribution in [0.2, 0.25) is 0 Å². The van der Waals surface area contributed by atoms with E-state index < -0.39 is 24.2 Å². The first-order valence-electron chi connectivity index (χ1n) is 6.29. The molecule has 0 aliphatic rings. The third kappa shape index (κ3) is 5.82. The molecule has 2 N–H and O–H groups in total. The van der Waals surface area contributed by atoms with E-state index in [0.717, 1.165) is 0 Å². The molecule has 0 spiro atoms. The second-order valence-corrected chi connectivity index (χ2v) is 7.17. The molecule has 0 aliphatic carbocycles. The van der Waals surface area contributed by atoms with Gasteiger partial charge in [0.2, 0.25) is 0 Å². The molecule has 3 atom stereocenters. The molecule has 0 saturated carbocycles. The van der Waals surface area contributed by atoms with Crippen molar-refractivity contribution >= 4 is 18.5 Å². The van der Waals surface area contributed by atoms with E-state index >= 15 is 0 Å². The van der Waals surface area contributed by atoms with Crippen molar-refractivity contribution < 1.29 is 18.7 Å². The third-order valence-corrected chi connectivity index (χ3v) is 4.44. The predicted octanol–water partition coefficient (Wildman–Crippen LogP) is 0.730. The number of aromatic amines is 1. The highest BCUT2D eigenvalue weighted by Crippen LogP contribution is 2.42. The van der Waals surface area contributed by atoms with Gasteiger partial charge in [0.15, 0.2) is 0 Å². The van der Waals surface area contributed by atoms with E-state index in [0.29, 0.717) is 6.42 Å². The first kappa shape index (κ1) is 18.2. The van der Waals surface area contributed by atoms with E-state index in [1.165, 1.54) is 23.9 Å². The van der Waals surface area contributed by atoms with Crippen LogP contribution in [-0.4, -0.2) is 34.3 Å². The van der Waals surface area contributed by atoms with Gasteiger partial charge in [-0.2, -0.15) is 0 Å². The maximum atomic E-state index is 11.6. The molecule has 0 aromatic carbocycles. The fourth-order valence-corrected chi connectivity index (χ4v) is 2.18. The van der Waals surface area contributed by atoms with Gasteiger partial charge in [-0.15, -0.1) is 0 Å². The van der Waals surface area contributed by atoms with Gasteiger partial charge in [-0.3, -0.25) is 14.3 Å². The quantitative estimate of drug-likeness (QED) is 0.674. The lowest BCUT2D eigenvalue weighted by Gasteiger charge is -2.23. The molecule has 1 heterocycles. The van der Waals surface area contributed by atoms with Crippen LogP contribution in [0.1, 0.15) is 26.5 Å². The molecule has 0 amide bonds. The highest BCUT2D eigenvalue weighted by atomic mass is 32.5. The smallest absolute Gasteiger partial charge is 0.330 e. The van der Waals surface area contributed by atoms with E-state index in [4.69, 9.17) is 21.1 Å². The number of rotatable bonds is 8. The minimum Gasteiger partial charge on any atom is -0.353 e. The second-order valence-electron chi connectivity index (χ2n) is 4.23. The molecule has 0 bridgehead atoms. The van der Waals surface area contributed by atoms with E-state index in [9.17, 15) is 14.5 Å². The van der Waals surface area contributed by atoms with Crippen molar-refractivity contribution in [2.75, 3.05) is 13.7 Å². The highest BCUT2D eigenvalue weighted by molar-refractivity contribution is 8.07. The highest BCUT2D eigenvalue weighted by Gasteiger charge is 2.19. The summed E-state index contributed by atoms with van der Waals surface area (Å²) in [5, 5.41) is 0. The molecule has 8 nitrogen and oxygen atoms in total. The number of hydrogen-bond donors (Lipinski definition) is 2. The van der Waals surface area contributed by atoms with Crippen LogP contribution in [0.3, 0.4) is 0 Å². The van der Waals surface area contributed by atoms with Crippen LogP contribution < -0.4 is 11.2 Å². The van der Waals surface area contributed by atoms with Gasteiger partial charge in [0, 0.05) is 19.4 Å². The molecule has 0 aliphatic heterocycles. The zero-order valence-electron chi connectivity index (χ0n) is 12.0. The van der Waals surface area contributed by atoms with Gasteiger partial charge in [0.25, 0.3) is 5.56 Å². The Morgan fingerprint density at radius 3 is 2.71 bits per heavy atom. The summed E-state index contributed by atoms with van der Waals surface area (Å²) >= 11 is 4.72. The summed E-state index contributed by atoms with van der Waals surface area (Å²) in [6.07, 6.45) is 0.942.